The van der Waals surface area contributed by atoms with Gasteiger partial charge in [0.2, 0.25) is 0 Å². The minimum atomic E-state index is -0.373. The van der Waals surface area contributed by atoms with Crippen molar-refractivity contribution in [3.63, 3.8) is 0 Å². The Morgan fingerprint density at radius 3 is 2.65 bits per heavy atom. The molecule has 23 heavy (non-hydrogen) atoms. The minimum Gasteiger partial charge on any atom is -0.390 e. The van der Waals surface area contributed by atoms with Gasteiger partial charge in [-0.25, -0.2) is 4.98 Å². The Labute approximate surface area is 137 Å². The number of anilines is 1. The highest BCUT2D eigenvalue weighted by molar-refractivity contribution is 5.49. The molecule has 0 amide bonds. The van der Waals surface area contributed by atoms with E-state index in [1.54, 1.807) is 6.08 Å². The Morgan fingerprint density at radius 2 is 1.96 bits per heavy atom. The van der Waals surface area contributed by atoms with Crippen LogP contribution in [-0.2, 0) is 6.54 Å². The molecule has 1 N–H and O–H groups in total. The fraction of sp³-hybridized carbons (Fsp3) is 0.316. The Hall–Kier alpha value is -2.17. The maximum Gasteiger partial charge on any atom is 0.128 e. The maximum absolute atomic E-state index is 10.3. The molecule has 4 heteroatoms. The summed E-state index contributed by atoms with van der Waals surface area (Å²) in [6.07, 6.45) is 3.24. The third-order valence-electron chi connectivity index (χ3n) is 4.17. The van der Waals surface area contributed by atoms with Crippen LogP contribution in [-0.4, -0.2) is 47.3 Å². The Balaban J connectivity index is 1.66. The topological polar surface area (TPSA) is 39.6 Å². The lowest BCUT2D eigenvalue weighted by atomic mass is 10.2. The predicted octanol–water partition coefficient (Wildman–Crippen LogP) is 2.41. The second kappa shape index (κ2) is 7.40. The van der Waals surface area contributed by atoms with Crippen LogP contribution in [0.15, 0.2) is 55.2 Å². The largest absolute Gasteiger partial charge is 0.390 e. The second-order valence-electron chi connectivity index (χ2n) is 5.97. The average molecular weight is 309 g/mol. The molecule has 0 saturated carbocycles. The molecule has 1 aliphatic heterocycles. The van der Waals surface area contributed by atoms with Crippen molar-refractivity contribution in [2.24, 2.45) is 0 Å². The van der Waals surface area contributed by atoms with Crippen molar-refractivity contribution in [1.82, 2.24) is 9.88 Å². The van der Waals surface area contributed by atoms with Gasteiger partial charge in [-0.15, -0.1) is 0 Å². The number of aliphatic hydroxyl groups excluding tert-OH is 1. The van der Waals surface area contributed by atoms with E-state index in [0.717, 1.165) is 31.0 Å². The highest BCUT2D eigenvalue weighted by atomic mass is 16.3. The van der Waals surface area contributed by atoms with Crippen LogP contribution in [0.4, 0.5) is 5.82 Å². The molecule has 1 aromatic carbocycles. The van der Waals surface area contributed by atoms with Crippen LogP contribution in [0.3, 0.4) is 0 Å². The molecular weight excluding hydrogens is 286 g/mol. The molecule has 1 aromatic heterocycles. The number of hydrogen-bond donors (Lipinski definition) is 1. The first-order chi connectivity index (χ1) is 11.2. The van der Waals surface area contributed by atoms with Crippen molar-refractivity contribution in [2.75, 3.05) is 31.1 Å². The number of pyridine rings is 1. The molecule has 1 atom stereocenters. The van der Waals surface area contributed by atoms with Gasteiger partial charge in [0.25, 0.3) is 0 Å². The van der Waals surface area contributed by atoms with Crippen molar-refractivity contribution in [3.8, 4) is 0 Å². The Morgan fingerprint density at radius 1 is 1.13 bits per heavy atom. The zero-order chi connectivity index (χ0) is 16.1. The summed E-state index contributed by atoms with van der Waals surface area (Å²) in [5, 5.41) is 10.3. The van der Waals surface area contributed by atoms with Gasteiger partial charge in [0.15, 0.2) is 0 Å². The highest BCUT2D eigenvalue weighted by Gasteiger charge is 2.22. The van der Waals surface area contributed by atoms with Crippen LogP contribution in [0.2, 0.25) is 0 Å². The molecule has 0 bridgehead atoms. The molecule has 1 fully saturated rings. The zero-order valence-corrected chi connectivity index (χ0v) is 13.3. The first kappa shape index (κ1) is 15.7. The molecule has 2 aromatic rings. The number of benzene rings is 1. The Kier molecular flexibility index (Phi) is 5.05. The molecular formula is C19H23N3O. The standard InChI is InChI=1S/C19H23N3O/c1-2-16-8-9-19(20-12-16)22-11-10-21(14-18(23)15-22)13-17-6-4-3-5-7-17/h2-9,12,18,23H,1,10-11,13-15H2. The molecule has 1 aliphatic rings. The summed E-state index contributed by atoms with van der Waals surface area (Å²) in [5.41, 5.74) is 2.29. The summed E-state index contributed by atoms with van der Waals surface area (Å²) in [5.74, 6) is 0.913. The normalized spacial score (nSPS) is 19.3. The number of nitrogens with zero attached hydrogens (tertiary/aromatic N) is 3. The zero-order valence-electron chi connectivity index (χ0n) is 13.3. The van der Waals surface area contributed by atoms with E-state index in [1.807, 2.05) is 24.4 Å². The lowest BCUT2D eigenvalue weighted by Gasteiger charge is -2.22. The smallest absolute Gasteiger partial charge is 0.128 e. The molecule has 3 rings (SSSR count). The Bertz CT molecular complexity index is 627. The van der Waals surface area contributed by atoms with Crippen molar-refractivity contribution in [2.45, 2.75) is 12.6 Å². The summed E-state index contributed by atoms with van der Waals surface area (Å²) in [6, 6.07) is 14.4. The fourth-order valence-electron chi connectivity index (χ4n) is 2.95. The summed E-state index contributed by atoms with van der Waals surface area (Å²) in [7, 11) is 0. The van der Waals surface area contributed by atoms with Crippen molar-refractivity contribution in [1.29, 1.82) is 0 Å². The molecule has 120 valence electrons. The maximum atomic E-state index is 10.3. The van der Waals surface area contributed by atoms with E-state index in [-0.39, 0.29) is 6.10 Å². The van der Waals surface area contributed by atoms with Gasteiger partial charge in [-0.1, -0.05) is 43.0 Å². The van der Waals surface area contributed by atoms with Crippen molar-refractivity contribution >= 4 is 11.9 Å². The third kappa shape index (κ3) is 4.18. The summed E-state index contributed by atoms with van der Waals surface area (Å²) >= 11 is 0. The van der Waals surface area contributed by atoms with E-state index in [2.05, 4.69) is 45.6 Å². The van der Waals surface area contributed by atoms with Crippen molar-refractivity contribution in [3.05, 3.63) is 66.4 Å². The van der Waals surface area contributed by atoms with Crippen molar-refractivity contribution < 1.29 is 5.11 Å². The van der Waals surface area contributed by atoms with E-state index in [0.29, 0.717) is 13.1 Å². The van der Waals surface area contributed by atoms with E-state index in [4.69, 9.17) is 0 Å². The number of aliphatic hydroxyl groups is 1. The number of β-amino-alcohol motifs (C(OH)–C–C–N with tert-alkyl or cyclic N) is 1. The first-order valence-electron chi connectivity index (χ1n) is 8.02. The predicted molar refractivity (Wildman–Crippen MR) is 94.3 cm³/mol. The minimum absolute atomic E-state index is 0.373. The van der Waals surface area contributed by atoms with E-state index in [1.165, 1.54) is 5.56 Å². The van der Waals surface area contributed by atoms with Gasteiger partial charge in [0.1, 0.15) is 5.82 Å². The molecule has 4 nitrogen and oxygen atoms in total. The highest BCUT2D eigenvalue weighted by Crippen LogP contribution is 2.16. The van der Waals surface area contributed by atoms with Gasteiger partial charge in [0, 0.05) is 38.9 Å². The summed E-state index contributed by atoms with van der Waals surface area (Å²) in [4.78, 5) is 8.94. The van der Waals surface area contributed by atoms with Gasteiger partial charge in [-0.3, -0.25) is 4.90 Å². The van der Waals surface area contributed by atoms with Gasteiger partial charge >= 0.3 is 0 Å². The quantitative estimate of drug-likeness (QED) is 0.941. The fourth-order valence-corrected chi connectivity index (χ4v) is 2.95. The molecule has 0 spiro atoms. The molecule has 0 aliphatic carbocycles. The van der Waals surface area contributed by atoms with E-state index in [9.17, 15) is 5.11 Å². The number of hydrogen-bond acceptors (Lipinski definition) is 4. The van der Waals surface area contributed by atoms with Crippen LogP contribution < -0.4 is 4.90 Å². The first-order valence-corrected chi connectivity index (χ1v) is 8.02. The van der Waals surface area contributed by atoms with E-state index < -0.39 is 0 Å². The molecule has 0 radical (unpaired) electrons. The van der Waals surface area contributed by atoms with Crippen LogP contribution in [0.1, 0.15) is 11.1 Å². The lowest BCUT2D eigenvalue weighted by molar-refractivity contribution is 0.129. The van der Waals surface area contributed by atoms with Gasteiger partial charge in [-0.05, 0) is 23.3 Å². The monoisotopic (exact) mass is 309 g/mol. The molecule has 2 heterocycles. The summed E-state index contributed by atoms with van der Waals surface area (Å²) < 4.78 is 0. The van der Waals surface area contributed by atoms with Gasteiger partial charge in [-0.2, -0.15) is 0 Å². The molecule has 1 saturated heterocycles. The number of aromatic nitrogens is 1. The molecule has 1 unspecified atom stereocenters. The average Bonchev–Trinajstić information content (AvgIpc) is 2.77. The second-order valence-corrected chi connectivity index (χ2v) is 5.97. The SMILES string of the molecule is C=Cc1ccc(N2CCN(Cc3ccccc3)CC(O)C2)nc1. The van der Waals surface area contributed by atoms with Crippen LogP contribution in [0, 0.1) is 0 Å². The third-order valence-corrected chi connectivity index (χ3v) is 4.17. The van der Waals surface area contributed by atoms with Gasteiger partial charge in [0.05, 0.1) is 6.10 Å². The van der Waals surface area contributed by atoms with Gasteiger partial charge < -0.3 is 10.0 Å². The van der Waals surface area contributed by atoms with E-state index >= 15 is 0 Å². The lowest BCUT2D eigenvalue weighted by Crippen LogP contribution is -2.33. The summed E-state index contributed by atoms with van der Waals surface area (Å²) in [6.45, 7) is 7.71. The van der Waals surface area contributed by atoms with Crippen LogP contribution >= 0.6 is 0 Å². The van der Waals surface area contributed by atoms with Crippen LogP contribution in [0.5, 0.6) is 0 Å². The van der Waals surface area contributed by atoms with Crippen LogP contribution in [0.25, 0.3) is 6.08 Å². The number of rotatable bonds is 4.